The van der Waals surface area contributed by atoms with Gasteiger partial charge in [-0.05, 0) is 23.1 Å². The Morgan fingerprint density at radius 1 is 0.811 bits per heavy atom. The van der Waals surface area contributed by atoms with Crippen LogP contribution in [0.1, 0.15) is 57.5 Å². The Morgan fingerprint density at radius 2 is 1.38 bits per heavy atom. The molecule has 0 spiro atoms. The second-order valence-electron chi connectivity index (χ2n) is 8.77. The van der Waals surface area contributed by atoms with E-state index >= 15 is 0 Å². The van der Waals surface area contributed by atoms with Crippen molar-refractivity contribution in [3.8, 4) is 0 Å². The summed E-state index contributed by atoms with van der Waals surface area (Å²) in [4.78, 5) is 47.4. The number of benzene rings is 1. The van der Waals surface area contributed by atoms with Gasteiger partial charge in [-0.3, -0.25) is 19.2 Å². The number of carbonyl (C=O) groups excluding carboxylic acids is 4. The van der Waals surface area contributed by atoms with Crippen LogP contribution in [0, 0.1) is 0 Å². The lowest BCUT2D eigenvalue weighted by molar-refractivity contribution is -0.270. The zero-order valence-corrected chi connectivity index (χ0v) is 21.5. The van der Waals surface area contributed by atoms with Gasteiger partial charge >= 0.3 is 23.9 Å². The van der Waals surface area contributed by atoms with Gasteiger partial charge in [-0.25, -0.2) is 4.68 Å². The van der Waals surface area contributed by atoms with Gasteiger partial charge in [0.2, 0.25) is 0 Å². The smallest absolute Gasteiger partial charge is 0.303 e. The van der Waals surface area contributed by atoms with Crippen molar-refractivity contribution in [3.63, 3.8) is 0 Å². The molecule has 11 heteroatoms. The van der Waals surface area contributed by atoms with Crippen molar-refractivity contribution in [3.05, 3.63) is 53.3 Å². The maximum absolute atomic E-state index is 12.0. The molecule has 0 N–H and O–H groups in total. The molecule has 1 aromatic carbocycles. The standard InChI is InChI=1S/C26H32N2O9/c1-6-19-7-9-20(10-8-19)11-21-12-27-28(13-21)26-25(36-18(5)32)24(35-17(4)31)23(34-16(3)30)22(37-26)14-33-15(2)29/h7-10,12-13,22-26H,6,11,14H2,1-5H3/t22-,23-,24+,25-,26?/m1/s1. The Bertz CT molecular complexity index is 1110. The lowest BCUT2D eigenvalue weighted by atomic mass is 9.97. The van der Waals surface area contributed by atoms with E-state index in [1.54, 1.807) is 12.4 Å². The number of aromatic nitrogens is 2. The maximum atomic E-state index is 12.0. The van der Waals surface area contributed by atoms with Crippen LogP contribution >= 0.6 is 0 Å². The summed E-state index contributed by atoms with van der Waals surface area (Å²) in [6.07, 6.45) is -0.865. The lowest BCUT2D eigenvalue weighted by Gasteiger charge is -2.44. The monoisotopic (exact) mass is 516 g/mol. The minimum absolute atomic E-state index is 0.299. The van der Waals surface area contributed by atoms with Gasteiger partial charge in [0.05, 0.1) is 6.20 Å². The average molecular weight is 517 g/mol. The van der Waals surface area contributed by atoms with Crippen LogP contribution in [0.4, 0.5) is 0 Å². The van der Waals surface area contributed by atoms with E-state index in [2.05, 4.69) is 24.2 Å². The fraction of sp³-hybridized carbons (Fsp3) is 0.500. The molecule has 1 unspecified atom stereocenters. The quantitative estimate of drug-likeness (QED) is 0.361. The van der Waals surface area contributed by atoms with E-state index in [0.717, 1.165) is 17.5 Å². The third-order valence-electron chi connectivity index (χ3n) is 5.72. The van der Waals surface area contributed by atoms with E-state index in [1.807, 2.05) is 12.1 Å². The van der Waals surface area contributed by atoms with Crippen LogP contribution in [-0.2, 0) is 55.7 Å². The first kappa shape index (κ1) is 27.9. The van der Waals surface area contributed by atoms with Crippen LogP contribution in [0.2, 0.25) is 0 Å². The summed E-state index contributed by atoms with van der Waals surface area (Å²) < 4.78 is 29.1. The molecule has 3 rings (SSSR count). The molecule has 11 nitrogen and oxygen atoms in total. The number of ether oxygens (including phenoxy) is 5. The molecule has 1 saturated heterocycles. The van der Waals surface area contributed by atoms with Gasteiger partial charge in [0.15, 0.2) is 24.5 Å². The van der Waals surface area contributed by atoms with E-state index in [9.17, 15) is 19.2 Å². The maximum Gasteiger partial charge on any atom is 0.303 e. The van der Waals surface area contributed by atoms with Crippen molar-refractivity contribution in [2.75, 3.05) is 6.61 Å². The topological polar surface area (TPSA) is 132 Å². The van der Waals surface area contributed by atoms with Crippen LogP contribution < -0.4 is 0 Å². The highest BCUT2D eigenvalue weighted by atomic mass is 16.7. The summed E-state index contributed by atoms with van der Waals surface area (Å²) in [5, 5.41) is 4.40. The SMILES string of the molecule is CCc1ccc(Cc2cnn(C3O[C@H](COC(C)=O)[C@@H](OC(C)=O)[C@H](OC(C)=O)[C@H]3OC(C)=O)c2)cc1. The number of nitrogens with zero attached hydrogens (tertiary/aromatic N) is 2. The highest BCUT2D eigenvalue weighted by molar-refractivity contribution is 5.68. The second-order valence-corrected chi connectivity index (χ2v) is 8.77. The third-order valence-corrected chi connectivity index (χ3v) is 5.72. The first-order chi connectivity index (χ1) is 17.6. The van der Waals surface area contributed by atoms with Crippen molar-refractivity contribution in [1.29, 1.82) is 0 Å². The molecule has 1 fully saturated rings. The summed E-state index contributed by atoms with van der Waals surface area (Å²) in [5.41, 5.74) is 3.17. The Labute approximate surface area is 215 Å². The zero-order valence-electron chi connectivity index (χ0n) is 21.5. The Morgan fingerprint density at radius 3 is 1.95 bits per heavy atom. The predicted molar refractivity (Wildman–Crippen MR) is 128 cm³/mol. The van der Waals surface area contributed by atoms with Crippen molar-refractivity contribution < 1.29 is 42.9 Å². The average Bonchev–Trinajstić information content (AvgIpc) is 3.28. The number of esters is 4. The van der Waals surface area contributed by atoms with Crippen molar-refractivity contribution in [2.24, 2.45) is 0 Å². The summed E-state index contributed by atoms with van der Waals surface area (Å²) in [6, 6.07) is 8.23. The number of rotatable bonds is 9. The van der Waals surface area contributed by atoms with Crippen LogP contribution in [0.3, 0.4) is 0 Å². The normalized spacial score (nSPS) is 23.1. The van der Waals surface area contributed by atoms with Gasteiger partial charge in [-0.1, -0.05) is 31.2 Å². The van der Waals surface area contributed by atoms with Gasteiger partial charge < -0.3 is 23.7 Å². The Balaban J connectivity index is 1.96. The number of carbonyl (C=O) groups is 4. The largest absolute Gasteiger partial charge is 0.463 e. The molecule has 5 atom stereocenters. The first-order valence-corrected chi connectivity index (χ1v) is 12.0. The molecule has 37 heavy (non-hydrogen) atoms. The number of hydrogen-bond donors (Lipinski definition) is 0. The van der Waals surface area contributed by atoms with Crippen molar-refractivity contribution >= 4 is 23.9 Å². The van der Waals surface area contributed by atoms with Gasteiger partial charge in [0, 0.05) is 40.3 Å². The first-order valence-electron chi connectivity index (χ1n) is 12.0. The molecule has 0 saturated carbocycles. The van der Waals surface area contributed by atoms with Gasteiger partial charge in [-0.15, -0.1) is 0 Å². The van der Waals surface area contributed by atoms with E-state index in [-0.39, 0.29) is 6.61 Å². The summed E-state index contributed by atoms with van der Waals surface area (Å²) >= 11 is 0. The predicted octanol–water partition coefficient (Wildman–Crippen LogP) is 2.29. The van der Waals surface area contributed by atoms with Crippen LogP contribution in [-0.4, -0.2) is 64.7 Å². The molecule has 2 aromatic rings. The molecule has 0 amide bonds. The molecule has 200 valence electrons. The van der Waals surface area contributed by atoms with Crippen LogP contribution in [0.5, 0.6) is 0 Å². The molecular formula is C26H32N2O9. The van der Waals surface area contributed by atoms with Gasteiger partial charge in [0.25, 0.3) is 0 Å². The summed E-state index contributed by atoms with van der Waals surface area (Å²) in [7, 11) is 0. The Kier molecular flexibility index (Phi) is 9.40. The molecule has 0 radical (unpaired) electrons. The zero-order chi connectivity index (χ0) is 27.1. The van der Waals surface area contributed by atoms with E-state index < -0.39 is 54.5 Å². The van der Waals surface area contributed by atoms with Gasteiger partial charge in [0.1, 0.15) is 12.7 Å². The lowest BCUT2D eigenvalue weighted by Crippen LogP contribution is -2.60. The number of aryl methyl sites for hydroxylation is 1. The fourth-order valence-corrected chi connectivity index (χ4v) is 4.15. The van der Waals surface area contributed by atoms with Crippen LogP contribution in [0.25, 0.3) is 0 Å². The minimum Gasteiger partial charge on any atom is -0.463 e. The molecule has 1 aromatic heterocycles. The molecule has 0 bridgehead atoms. The second kappa shape index (κ2) is 12.5. The third kappa shape index (κ3) is 7.63. The van der Waals surface area contributed by atoms with E-state index in [1.165, 1.54) is 37.9 Å². The number of hydrogen-bond acceptors (Lipinski definition) is 10. The van der Waals surface area contributed by atoms with E-state index in [0.29, 0.717) is 6.42 Å². The van der Waals surface area contributed by atoms with Gasteiger partial charge in [-0.2, -0.15) is 5.10 Å². The highest BCUT2D eigenvalue weighted by Gasteiger charge is 2.53. The van der Waals surface area contributed by atoms with Crippen molar-refractivity contribution in [2.45, 2.75) is 78.1 Å². The molecule has 1 aliphatic rings. The van der Waals surface area contributed by atoms with Crippen molar-refractivity contribution in [1.82, 2.24) is 9.78 Å². The summed E-state index contributed by atoms with van der Waals surface area (Å²) in [6.45, 7) is 6.56. The highest BCUT2D eigenvalue weighted by Crippen LogP contribution is 2.34. The van der Waals surface area contributed by atoms with Crippen LogP contribution in [0.15, 0.2) is 36.7 Å². The molecular weight excluding hydrogens is 484 g/mol. The van der Waals surface area contributed by atoms with E-state index in [4.69, 9.17) is 23.7 Å². The summed E-state index contributed by atoms with van der Waals surface area (Å²) in [5.74, 6) is -2.63. The fourth-order valence-electron chi connectivity index (χ4n) is 4.15. The Hall–Kier alpha value is -3.73. The minimum atomic E-state index is -1.25. The molecule has 1 aliphatic heterocycles. The molecule has 2 heterocycles. The molecule has 0 aliphatic carbocycles.